The zero-order chi connectivity index (χ0) is 16.7. The van der Waals surface area contributed by atoms with Crippen molar-refractivity contribution in [2.24, 2.45) is 7.05 Å². The first-order chi connectivity index (χ1) is 11.6. The maximum absolute atomic E-state index is 4.66. The maximum atomic E-state index is 4.66. The first kappa shape index (κ1) is 15.2. The molecule has 0 unspecified atom stereocenters. The Balaban J connectivity index is 1.82. The molecule has 4 aromatic rings. The highest BCUT2D eigenvalue weighted by molar-refractivity contribution is 7.18. The number of aromatic nitrogens is 5. The quantitative estimate of drug-likeness (QED) is 0.598. The van der Waals surface area contributed by atoms with Gasteiger partial charge < -0.3 is 5.32 Å². The number of nitrogens with zero attached hydrogens (tertiary/aromatic N) is 5. The molecule has 0 aliphatic heterocycles. The van der Waals surface area contributed by atoms with Crippen LogP contribution < -0.4 is 5.32 Å². The Hall–Kier alpha value is -2.32. The summed E-state index contributed by atoms with van der Waals surface area (Å²) < 4.78 is 1.77. The number of hydrogen-bond acceptors (Lipinski definition) is 7. The van der Waals surface area contributed by atoms with Crippen LogP contribution in [-0.2, 0) is 7.05 Å². The molecular weight excluding hydrogens is 340 g/mol. The summed E-state index contributed by atoms with van der Waals surface area (Å²) in [5, 5.41) is 16.8. The largest absolute Gasteiger partial charge is 0.361 e. The van der Waals surface area contributed by atoms with Crippen LogP contribution in [0.2, 0.25) is 0 Å². The second kappa shape index (κ2) is 5.95. The molecule has 0 amide bonds. The van der Waals surface area contributed by atoms with Crippen LogP contribution in [0.4, 0.5) is 5.82 Å². The van der Waals surface area contributed by atoms with Crippen molar-refractivity contribution < 1.29 is 0 Å². The minimum absolute atomic E-state index is 0.0404. The number of nitrogens with one attached hydrogen (secondary N) is 1. The Morgan fingerprint density at radius 1 is 1.25 bits per heavy atom. The van der Waals surface area contributed by atoms with Gasteiger partial charge in [-0.05, 0) is 25.3 Å². The molecule has 0 radical (unpaired) electrons. The summed E-state index contributed by atoms with van der Waals surface area (Å²) >= 11 is 3.38. The molecule has 0 aliphatic rings. The molecule has 0 saturated carbocycles. The number of fused-ring (bicyclic) bond motifs is 1. The molecule has 0 aliphatic carbocycles. The lowest BCUT2D eigenvalue weighted by atomic mass is 10.1. The fourth-order valence-corrected chi connectivity index (χ4v) is 4.54. The van der Waals surface area contributed by atoms with Gasteiger partial charge in [0, 0.05) is 22.9 Å². The fraction of sp³-hybridized carbons (Fsp3) is 0.250. The predicted octanol–water partition coefficient (Wildman–Crippen LogP) is 4.03. The van der Waals surface area contributed by atoms with Gasteiger partial charge in [-0.2, -0.15) is 0 Å². The van der Waals surface area contributed by atoms with Crippen molar-refractivity contribution in [3.63, 3.8) is 0 Å². The normalized spacial score (nSPS) is 12.6. The highest BCUT2D eigenvalue weighted by atomic mass is 32.1. The van der Waals surface area contributed by atoms with Crippen LogP contribution in [0, 0.1) is 6.92 Å². The average molecular weight is 356 g/mol. The monoisotopic (exact) mass is 356 g/mol. The van der Waals surface area contributed by atoms with E-state index in [4.69, 9.17) is 0 Å². The molecule has 4 heterocycles. The molecule has 1 N–H and O–H groups in total. The highest BCUT2D eigenvalue weighted by Gasteiger charge is 2.18. The van der Waals surface area contributed by atoms with Crippen LogP contribution in [0.5, 0.6) is 0 Å². The Kier molecular flexibility index (Phi) is 3.78. The molecule has 24 heavy (non-hydrogen) atoms. The van der Waals surface area contributed by atoms with Crippen molar-refractivity contribution in [2.45, 2.75) is 19.9 Å². The first-order valence-electron chi connectivity index (χ1n) is 7.54. The lowest BCUT2D eigenvalue weighted by Crippen LogP contribution is -2.13. The molecule has 1 atom stereocenters. The van der Waals surface area contributed by atoms with Crippen molar-refractivity contribution in [3.05, 3.63) is 40.6 Å². The lowest BCUT2D eigenvalue weighted by Gasteiger charge is -2.15. The van der Waals surface area contributed by atoms with E-state index in [2.05, 4.69) is 55.4 Å². The van der Waals surface area contributed by atoms with Crippen molar-refractivity contribution in [3.8, 4) is 10.4 Å². The third-order valence-electron chi connectivity index (χ3n) is 3.88. The Bertz CT molecular complexity index is 986. The van der Waals surface area contributed by atoms with Gasteiger partial charge in [-0.15, -0.1) is 27.8 Å². The van der Waals surface area contributed by atoms with Crippen LogP contribution in [-0.4, -0.2) is 25.0 Å². The summed E-state index contributed by atoms with van der Waals surface area (Å²) in [6, 6.07) is 4.23. The van der Waals surface area contributed by atoms with E-state index in [1.807, 2.05) is 14.0 Å². The summed E-state index contributed by atoms with van der Waals surface area (Å²) in [5.74, 6) is 1.62. The lowest BCUT2D eigenvalue weighted by molar-refractivity contribution is 0.652. The Morgan fingerprint density at radius 3 is 2.83 bits per heavy atom. The van der Waals surface area contributed by atoms with Gasteiger partial charge in [0.1, 0.15) is 16.5 Å². The van der Waals surface area contributed by atoms with Crippen molar-refractivity contribution >= 4 is 38.7 Å². The molecule has 4 rings (SSSR count). The number of hydrogen-bond donors (Lipinski definition) is 1. The van der Waals surface area contributed by atoms with E-state index < -0.39 is 0 Å². The van der Waals surface area contributed by atoms with Crippen LogP contribution in [0.3, 0.4) is 0 Å². The van der Waals surface area contributed by atoms with Crippen molar-refractivity contribution in [1.82, 2.24) is 25.0 Å². The van der Waals surface area contributed by atoms with Gasteiger partial charge in [-0.1, -0.05) is 11.3 Å². The Labute approximate surface area is 147 Å². The van der Waals surface area contributed by atoms with Crippen LogP contribution in [0.15, 0.2) is 29.1 Å². The van der Waals surface area contributed by atoms with Gasteiger partial charge in [-0.25, -0.2) is 9.97 Å². The summed E-state index contributed by atoms with van der Waals surface area (Å²) in [4.78, 5) is 11.5. The first-order valence-corrected chi connectivity index (χ1v) is 9.30. The zero-order valence-electron chi connectivity index (χ0n) is 13.5. The predicted molar refractivity (Wildman–Crippen MR) is 98.5 cm³/mol. The van der Waals surface area contributed by atoms with E-state index in [0.717, 1.165) is 27.6 Å². The number of aryl methyl sites for hydroxylation is 2. The van der Waals surface area contributed by atoms with Crippen LogP contribution >= 0.6 is 22.7 Å². The smallest absolute Gasteiger partial charge is 0.139 e. The molecule has 122 valence electrons. The highest BCUT2D eigenvalue weighted by Crippen LogP contribution is 2.39. The molecule has 0 bridgehead atoms. The van der Waals surface area contributed by atoms with E-state index in [-0.39, 0.29) is 6.04 Å². The molecule has 8 heteroatoms. The van der Waals surface area contributed by atoms with Crippen LogP contribution in [0.25, 0.3) is 20.7 Å². The summed E-state index contributed by atoms with van der Waals surface area (Å²) in [5.41, 5.74) is 2.19. The summed E-state index contributed by atoms with van der Waals surface area (Å²) in [6.45, 7) is 4.00. The molecular formula is C16H16N6S2. The average Bonchev–Trinajstić information content (AvgIpc) is 3.25. The second-order valence-electron chi connectivity index (χ2n) is 5.57. The van der Waals surface area contributed by atoms with Crippen molar-refractivity contribution in [2.75, 3.05) is 5.32 Å². The summed E-state index contributed by atoms with van der Waals surface area (Å²) in [7, 11) is 1.89. The number of anilines is 1. The van der Waals surface area contributed by atoms with Gasteiger partial charge in [-0.3, -0.25) is 4.68 Å². The van der Waals surface area contributed by atoms with E-state index in [1.165, 1.54) is 10.4 Å². The van der Waals surface area contributed by atoms with E-state index >= 15 is 0 Å². The molecule has 0 fully saturated rings. The van der Waals surface area contributed by atoms with Gasteiger partial charge >= 0.3 is 0 Å². The zero-order valence-corrected chi connectivity index (χ0v) is 15.1. The van der Waals surface area contributed by atoms with Gasteiger partial charge in [0.25, 0.3) is 0 Å². The Morgan fingerprint density at radius 2 is 2.12 bits per heavy atom. The number of rotatable bonds is 4. The van der Waals surface area contributed by atoms with Gasteiger partial charge in [0.2, 0.25) is 0 Å². The molecule has 4 aromatic heterocycles. The van der Waals surface area contributed by atoms with Gasteiger partial charge in [0.05, 0.1) is 23.3 Å². The van der Waals surface area contributed by atoms with E-state index in [1.54, 1.807) is 33.6 Å². The van der Waals surface area contributed by atoms with E-state index in [0.29, 0.717) is 0 Å². The summed E-state index contributed by atoms with van der Waals surface area (Å²) in [6.07, 6.45) is 1.77. The third kappa shape index (κ3) is 2.57. The van der Waals surface area contributed by atoms with Gasteiger partial charge in [0.15, 0.2) is 0 Å². The second-order valence-corrected chi connectivity index (χ2v) is 7.38. The van der Waals surface area contributed by atoms with Crippen LogP contribution in [0.1, 0.15) is 24.5 Å². The SMILES string of the molecule is Cc1nc(N[C@H](C)c2cnnn2C)c2c(-c3cccs3)csc2n1. The van der Waals surface area contributed by atoms with Crippen molar-refractivity contribution in [1.29, 1.82) is 0 Å². The standard InChI is InChI=1S/C16H16N6S2/c1-9(12-7-17-21-22(12)3)18-15-14-11(13-5-4-6-23-13)8-24-16(14)20-10(2)19-15/h4-9H,1-3H3,(H,18,19,20)/t9-/m1/s1. The molecule has 0 spiro atoms. The minimum Gasteiger partial charge on any atom is -0.361 e. The fourth-order valence-electron chi connectivity index (χ4n) is 2.73. The third-order valence-corrected chi connectivity index (χ3v) is 5.65. The maximum Gasteiger partial charge on any atom is 0.139 e. The molecule has 6 nitrogen and oxygen atoms in total. The molecule has 0 saturated heterocycles. The van der Waals surface area contributed by atoms with E-state index in [9.17, 15) is 0 Å². The minimum atomic E-state index is 0.0404. The molecule has 0 aromatic carbocycles. The number of thiophene rings is 2. The topological polar surface area (TPSA) is 68.5 Å².